The molecule has 0 aromatic heterocycles. The summed E-state index contributed by atoms with van der Waals surface area (Å²) >= 11 is 6.08. The van der Waals surface area contributed by atoms with Gasteiger partial charge < -0.3 is 5.73 Å². The van der Waals surface area contributed by atoms with Gasteiger partial charge in [0.25, 0.3) is 0 Å². The SMILES string of the molecule is C[C@@H](N)C12C[C@@H]3C[C@@H](CC(c4ccc(Cl)cc4)(C3)C1)C2.O=S(=O)(O)O. The fraction of sp³-hybridized carbons (Fsp3) is 0.667. The van der Waals surface area contributed by atoms with Crippen molar-refractivity contribution in [2.75, 3.05) is 0 Å². The summed E-state index contributed by atoms with van der Waals surface area (Å²) in [4.78, 5) is 0. The number of benzene rings is 1. The van der Waals surface area contributed by atoms with E-state index in [1.807, 2.05) is 0 Å². The van der Waals surface area contributed by atoms with Gasteiger partial charge in [-0.3, -0.25) is 9.11 Å². The standard InChI is InChI=1S/C18H24ClN.H2O4S/c1-12(20)17-7-13-6-14(8-17)10-18(9-13,11-17)15-2-4-16(19)5-3-15;1-5(2,3)4/h2-5,12-14H,6-11,20H2,1H3;(H2,1,2,3,4)/t12-,13-,14+,17?,18?;/m1./s1. The van der Waals surface area contributed by atoms with Gasteiger partial charge >= 0.3 is 10.4 Å². The second-order valence-corrected chi connectivity index (χ2v) is 9.68. The Morgan fingerprint density at radius 1 is 1.12 bits per heavy atom. The number of nitrogens with two attached hydrogens (primary N) is 1. The van der Waals surface area contributed by atoms with Gasteiger partial charge in [-0.1, -0.05) is 23.7 Å². The number of hydrogen-bond acceptors (Lipinski definition) is 3. The first-order valence-electron chi connectivity index (χ1n) is 8.73. The van der Waals surface area contributed by atoms with E-state index in [2.05, 4.69) is 31.2 Å². The maximum absolute atomic E-state index is 8.74. The predicted octanol–water partition coefficient (Wildman–Crippen LogP) is 3.87. The van der Waals surface area contributed by atoms with Crippen LogP contribution in [0, 0.1) is 17.3 Å². The molecule has 140 valence electrons. The third-order valence-corrected chi connectivity index (χ3v) is 6.78. The molecule has 4 N–H and O–H groups in total. The molecule has 0 aliphatic heterocycles. The summed E-state index contributed by atoms with van der Waals surface area (Å²) < 4.78 is 31.6. The molecular formula is C18H26ClNO4S. The Morgan fingerprint density at radius 2 is 1.60 bits per heavy atom. The highest BCUT2D eigenvalue weighted by Gasteiger charge is 2.59. The van der Waals surface area contributed by atoms with Crippen LogP contribution in [0.5, 0.6) is 0 Å². The molecule has 4 aliphatic carbocycles. The summed E-state index contributed by atoms with van der Waals surface area (Å²) in [6.45, 7) is 2.24. The molecule has 5 nitrogen and oxygen atoms in total. The molecule has 4 bridgehead atoms. The molecule has 7 heteroatoms. The molecule has 4 fully saturated rings. The highest BCUT2D eigenvalue weighted by Crippen LogP contribution is 2.66. The van der Waals surface area contributed by atoms with E-state index in [0.29, 0.717) is 16.9 Å². The van der Waals surface area contributed by atoms with Gasteiger partial charge in [-0.05, 0) is 85.8 Å². The van der Waals surface area contributed by atoms with Crippen molar-refractivity contribution in [3.05, 3.63) is 34.9 Å². The van der Waals surface area contributed by atoms with Crippen molar-refractivity contribution >= 4 is 22.0 Å². The fourth-order valence-electron chi connectivity index (χ4n) is 6.01. The van der Waals surface area contributed by atoms with Crippen LogP contribution in [0.1, 0.15) is 51.0 Å². The summed E-state index contributed by atoms with van der Waals surface area (Å²) in [5, 5.41) is 0.848. The van der Waals surface area contributed by atoms with Crippen LogP contribution < -0.4 is 5.73 Å². The summed E-state index contributed by atoms with van der Waals surface area (Å²) in [5.41, 5.74) is 8.74. The molecule has 4 saturated carbocycles. The zero-order valence-corrected chi connectivity index (χ0v) is 15.9. The van der Waals surface area contributed by atoms with Crippen LogP contribution in [0.15, 0.2) is 24.3 Å². The minimum atomic E-state index is -4.67. The van der Waals surface area contributed by atoms with Crippen LogP contribution in [0.4, 0.5) is 0 Å². The quantitative estimate of drug-likeness (QED) is 0.668. The van der Waals surface area contributed by atoms with E-state index in [-0.39, 0.29) is 0 Å². The van der Waals surface area contributed by atoms with E-state index in [9.17, 15) is 0 Å². The lowest BCUT2D eigenvalue weighted by Gasteiger charge is -2.63. The molecule has 2 unspecified atom stereocenters. The molecular weight excluding hydrogens is 362 g/mol. The van der Waals surface area contributed by atoms with E-state index in [4.69, 9.17) is 34.9 Å². The molecule has 0 heterocycles. The van der Waals surface area contributed by atoms with Crippen molar-refractivity contribution < 1.29 is 17.5 Å². The Hall–Kier alpha value is -0.660. The second-order valence-electron chi connectivity index (χ2n) is 8.35. The first-order chi connectivity index (χ1) is 11.5. The number of rotatable bonds is 2. The molecule has 0 amide bonds. The Balaban J connectivity index is 0.000000324. The molecule has 5 atom stereocenters. The molecule has 25 heavy (non-hydrogen) atoms. The normalized spacial score (nSPS) is 37.3. The third-order valence-electron chi connectivity index (χ3n) is 6.53. The highest BCUT2D eigenvalue weighted by atomic mass is 35.5. The Labute approximate surface area is 154 Å². The smallest absolute Gasteiger partial charge is 0.327 e. The minimum Gasteiger partial charge on any atom is -0.327 e. The lowest BCUT2D eigenvalue weighted by atomic mass is 9.41. The second kappa shape index (κ2) is 6.50. The molecule has 0 spiro atoms. The Bertz CT molecular complexity index is 710. The van der Waals surface area contributed by atoms with Gasteiger partial charge in [-0.15, -0.1) is 0 Å². The van der Waals surface area contributed by atoms with Crippen molar-refractivity contribution in [1.82, 2.24) is 0 Å². The minimum absolute atomic E-state index is 0.333. The van der Waals surface area contributed by atoms with Gasteiger partial charge in [0.15, 0.2) is 0 Å². The van der Waals surface area contributed by atoms with E-state index in [1.54, 1.807) is 0 Å². The van der Waals surface area contributed by atoms with Crippen LogP contribution >= 0.6 is 11.6 Å². The van der Waals surface area contributed by atoms with E-state index in [0.717, 1.165) is 16.9 Å². The van der Waals surface area contributed by atoms with Gasteiger partial charge in [-0.2, -0.15) is 8.42 Å². The van der Waals surface area contributed by atoms with E-state index >= 15 is 0 Å². The monoisotopic (exact) mass is 387 g/mol. The highest BCUT2D eigenvalue weighted by molar-refractivity contribution is 7.79. The summed E-state index contributed by atoms with van der Waals surface area (Å²) in [6.07, 6.45) is 8.24. The average Bonchev–Trinajstić information content (AvgIpc) is 2.44. The zero-order valence-electron chi connectivity index (χ0n) is 14.4. The predicted molar refractivity (Wildman–Crippen MR) is 98.1 cm³/mol. The summed E-state index contributed by atoms with van der Waals surface area (Å²) in [5.74, 6) is 1.80. The lowest BCUT2D eigenvalue weighted by Crippen LogP contribution is -2.59. The van der Waals surface area contributed by atoms with Crippen molar-refractivity contribution in [2.45, 2.75) is 56.9 Å². The van der Waals surface area contributed by atoms with Crippen LogP contribution in [0.25, 0.3) is 0 Å². The Morgan fingerprint density at radius 3 is 2.04 bits per heavy atom. The van der Waals surface area contributed by atoms with Crippen molar-refractivity contribution in [3.63, 3.8) is 0 Å². The van der Waals surface area contributed by atoms with Crippen molar-refractivity contribution in [1.29, 1.82) is 0 Å². The van der Waals surface area contributed by atoms with E-state index in [1.165, 1.54) is 44.1 Å². The van der Waals surface area contributed by atoms with Crippen LogP contribution in [-0.2, 0) is 15.8 Å². The zero-order chi connectivity index (χ0) is 18.5. The van der Waals surface area contributed by atoms with Gasteiger partial charge in [0.2, 0.25) is 0 Å². The fourth-order valence-corrected chi connectivity index (χ4v) is 6.13. The number of halogens is 1. The van der Waals surface area contributed by atoms with Gasteiger partial charge in [0.1, 0.15) is 0 Å². The molecule has 1 aromatic carbocycles. The summed E-state index contributed by atoms with van der Waals surface area (Å²) in [7, 11) is -4.67. The first kappa shape index (κ1) is 19.1. The summed E-state index contributed by atoms with van der Waals surface area (Å²) in [6, 6.07) is 9.00. The third kappa shape index (κ3) is 4.03. The van der Waals surface area contributed by atoms with Crippen LogP contribution in [0.3, 0.4) is 0 Å². The van der Waals surface area contributed by atoms with Crippen LogP contribution in [0.2, 0.25) is 5.02 Å². The van der Waals surface area contributed by atoms with Gasteiger partial charge in [0.05, 0.1) is 0 Å². The molecule has 0 radical (unpaired) electrons. The maximum atomic E-state index is 8.74. The molecule has 5 rings (SSSR count). The van der Waals surface area contributed by atoms with Gasteiger partial charge in [-0.25, -0.2) is 0 Å². The topological polar surface area (TPSA) is 101 Å². The van der Waals surface area contributed by atoms with E-state index < -0.39 is 10.4 Å². The van der Waals surface area contributed by atoms with Crippen LogP contribution in [-0.4, -0.2) is 23.6 Å². The lowest BCUT2D eigenvalue weighted by molar-refractivity contribution is -0.0821. The molecule has 1 aromatic rings. The van der Waals surface area contributed by atoms with Gasteiger partial charge in [0, 0.05) is 11.1 Å². The largest absolute Gasteiger partial charge is 0.394 e. The number of hydrogen-bond donors (Lipinski definition) is 3. The Kier molecular flexibility index (Phi) is 4.97. The van der Waals surface area contributed by atoms with Crippen molar-refractivity contribution in [3.8, 4) is 0 Å². The average molecular weight is 388 g/mol. The molecule has 4 aliphatic rings. The van der Waals surface area contributed by atoms with Crippen molar-refractivity contribution in [2.24, 2.45) is 23.0 Å². The molecule has 0 saturated heterocycles. The first-order valence-corrected chi connectivity index (χ1v) is 10.5. The maximum Gasteiger partial charge on any atom is 0.394 e.